The van der Waals surface area contributed by atoms with Crippen LogP contribution in [0, 0.1) is 0 Å². The number of hydroxylamine groups is 2. The second-order valence-electron chi connectivity index (χ2n) is 5.96. The van der Waals surface area contributed by atoms with Crippen molar-refractivity contribution in [2.45, 2.75) is 6.42 Å². The molecule has 8 heteroatoms. The number of hydrogen-bond donors (Lipinski definition) is 0. The van der Waals surface area contributed by atoms with Crippen LogP contribution in [0.25, 0.3) is 11.4 Å². The van der Waals surface area contributed by atoms with Crippen LogP contribution in [0.1, 0.15) is 26.5 Å². The number of benzene rings is 2. The van der Waals surface area contributed by atoms with E-state index in [9.17, 15) is 14.4 Å². The zero-order valence-corrected chi connectivity index (χ0v) is 14.3. The highest BCUT2D eigenvalue weighted by molar-refractivity contribution is 6.20. The molecule has 0 fully saturated rings. The molecule has 2 aromatic carbocycles. The van der Waals surface area contributed by atoms with Crippen molar-refractivity contribution in [3.05, 3.63) is 71.5 Å². The maximum absolute atomic E-state index is 12.3. The Morgan fingerprint density at radius 2 is 1.52 bits per heavy atom. The number of rotatable bonds is 4. The molecule has 2 amide bonds. The Kier molecular flexibility index (Phi) is 4.00. The number of carbonyl (C=O) groups is 3. The fourth-order valence-corrected chi connectivity index (χ4v) is 2.87. The van der Waals surface area contributed by atoms with E-state index in [0.29, 0.717) is 16.7 Å². The van der Waals surface area contributed by atoms with Gasteiger partial charge < -0.3 is 9.40 Å². The first-order valence-corrected chi connectivity index (χ1v) is 8.18. The summed E-state index contributed by atoms with van der Waals surface area (Å²) >= 11 is 0. The van der Waals surface area contributed by atoms with Crippen LogP contribution in [0.5, 0.6) is 0 Å². The lowest BCUT2D eigenvalue weighted by Gasteiger charge is -2.12. The fraction of sp³-hybridized carbons (Fsp3) is 0.105. The van der Waals surface area contributed by atoms with E-state index in [1.807, 2.05) is 30.3 Å². The molecule has 8 nitrogen and oxygen atoms in total. The molecule has 1 aliphatic rings. The van der Waals surface area contributed by atoms with Crippen LogP contribution in [-0.4, -0.2) is 37.6 Å². The van der Waals surface area contributed by atoms with Gasteiger partial charge in [-0.05, 0) is 12.1 Å². The van der Waals surface area contributed by atoms with E-state index in [1.54, 1.807) is 23.7 Å². The van der Waals surface area contributed by atoms with Crippen molar-refractivity contribution in [3.63, 3.8) is 0 Å². The van der Waals surface area contributed by atoms with Gasteiger partial charge in [0.2, 0.25) is 0 Å². The lowest BCUT2D eigenvalue weighted by Crippen LogP contribution is -2.33. The second kappa shape index (κ2) is 6.49. The summed E-state index contributed by atoms with van der Waals surface area (Å²) in [7, 11) is 1.73. The summed E-state index contributed by atoms with van der Waals surface area (Å²) < 4.78 is 1.67. The molecule has 1 aromatic heterocycles. The summed E-state index contributed by atoms with van der Waals surface area (Å²) in [6.07, 6.45) is -0.232. The SMILES string of the molecule is Cn1c(CC(=O)ON2C(=O)c3ccccc3C2=O)nnc1-c1ccccc1. The third kappa shape index (κ3) is 2.86. The predicted octanol–water partition coefficient (Wildman–Crippen LogP) is 1.78. The summed E-state index contributed by atoms with van der Waals surface area (Å²) in [6.45, 7) is 0. The summed E-state index contributed by atoms with van der Waals surface area (Å²) in [6, 6.07) is 15.7. The smallest absolute Gasteiger partial charge is 0.329 e. The topological polar surface area (TPSA) is 94.4 Å². The summed E-state index contributed by atoms with van der Waals surface area (Å²) in [5.41, 5.74) is 1.27. The van der Waals surface area contributed by atoms with E-state index in [1.165, 1.54) is 12.1 Å². The predicted molar refractivity (Wildman–Crippen MR) is 93.2 cm³/mol. The standard InChI is InChI=1S/C19H14N4O4/c1-22-15(20-21-17(22)12-7-3-2-4-8-12)11-16(24)27-23-18(25)13-9-5-6-10-14(13)19(23)26/h2-10H,11H2,1H3. The molecule has 27 heavy (non-hydrogen) atoms. The fourth-order valence-electron chi connectivity index (χ4n) is 2.87. The van der Waals surface area contributed by atoms with Crippen molar-refractivity contribution in [2.24, 2.45) is 7.05 Å². The largest absolute Gasteiger partial charge is 0.340 e. The monoisotopic (exact) mass is 362 g/mol. The van der Waals surface area contributed by atoms with E-state index < -0.39 is 17.8 Å². The van der Waals surface area contributed by atoms with Crippen molar-refractivity contribution >= 4 is 17.8 Å². The highest BCUT2D eigenvalue weighted by atomic mass is 16.7. The van der Waals surface area contributed by atoms with Gasteiger partial charge in [0, 0.05) is 12.6 Å². The highest BCUT2D eigenvalue weighted by Crippen LogP contribution is 2.23. The Morgan fingerprint density at radius 1 is 0.926 bits per heavy atom. The third-order valence-corrected chi connectivity index (χ3v) is 4.25. The van der Waals surface area contributed by atoms with Crippen LogP contribution in [0.2, 0.25) is 0 Å². The van der Waals surface area contributed by atoms with Crippen LogP contribution in [-0.2, 0) is 23.1 Å². The molecule has 0 aliphatic carbocycles. The quantitative estimate of drug-likeness (QED) is 0.657. The van der Waals surface area contributed by atoms with Crippen molar-refractivity contribution in [2.75, 3.05) is 0 Å². The average Bonchev–Trinajstić information content (AvgIpc) is 3.16. The Labute approximate surface area is 154 Å². The normalized spacial score (nSPS) is 13.0. The van der Waals surface area contributed by atoms with Crippen LogP contribution in [0.3, 0.4) is 0 Å². The number of carbonyl (C=O) groups excluding carboxylic acids is 3. The van der Waals surface area contributed by atoms with Gasteiger partial charge in [0.05, 0.1) is 11.1 Å². The number of hydrogen-bond acceptors (Lipinski definition) is 6. The molecule has 0 radical (unpaired) electrons. The zero-order chi connectivity index (χ0) is 19.0. The van der Waals surface area contributed by atoms with Gasteiger partial charge in [-0.15, -0.1) is 10.2 Å². The second-order valence-corrected chi connectivity index (χ2v) is 5.96. The van der Waals surface area contributed by atoms with E-state index in [4.69, 9.17) is 4.84 Å². The van der Waals surface area contributed by atoms with Gasteiger partial charge in [0.25, 0.3) is 11.8 Å². The molecule has 0 bridgehead atoms. The molecule has 134 valence electrons. The summed E-state index contributed by atoms with van der Waals surface area (Å²) in [5.74, 6) is -1.15. The molecule has 0 unspecified atom stereocenters. The summed E-state index contributed by atoms with van der Waals surface area (Å²) in [4.78, 5) is 41.8. The van der Waals surface area contributed by atoms with Crippen LogP contribution >= 0.6 is 0 Å². The lowest BCUT2D eigenvalue weighted by atomic mass is 10.1. The molecule has 0 atom stereocenters. The third-order valence-electron chi connectivity index (χ3n) is 4.25. The minimum Gasteiger partial charge on any atom is -0.329 e. The Bertz CT molecular complexity index is 1020. The minimum absolute atomic E-state index is 0.209. The molecule has 0 N–H and O–H groups in total. The maximum Gasteiger partial charge on any atom is 0.340 e. The van der Waals surface area contributed by atoms with Crippen molar-refractivity contribution in [1.82, 2.24) is 19.8 Å². The van der Waals surface area contributed by atoms with Gasteiger partial charge in [-0.1, -0.05) is 47.5 Å². The first-order chi connectivity index (χ1) is 13.1. The summed E-state index contributed by atoms with van der Waals surface area (Å²) in [5, 5.41) is 8.59. The van der Waals surface area contributed by atoms with Gasteiger partial charge in [0.15, 0.2) is 5.82 Å². The van der Waals surface area contributed by atoms with Crippen molar-refractivity contribution in [1.29, 1.82) is 0 Å². The van der Waals surface area contributed by atoms with Crippen LogP contribution in [0.15, 0.2) is 54.6 Å². The van der Waals surface area contributed by atoms with Gasteiger partial charge in [-0.2, -0.15) is 0 Å². The molecule has 1 aliphatic heterocycles. The van der Waals surface area contributed by atoms with Crippen molar-refractivity contribution in [3.8, 4) is 11.4 Å². The zero-order valence-electron chi connectivity index (χ0n) is 14.3. The van der Waals surface area contributed by atoms with Crippen LogP contribution < -0.4 is 0 Å². The minimum atomic E-state index is -0.778. The van der Waals surface area contributed by atoms with E-state index >= 15 is 0 Å². The van der Waals surface area contributed by atoms with E-state index in [0.717, 1.165) is 5.56 Å². The molecule has 0 spiro atoms. The van der Waals surface area contributed by atoms with Crippen LogP contribution in [0.4, 0.5) is 0 Å². The Hall–Kier alpha value is -3.81. The lowest BCUT2D eigenvalue weighted by molar-refractivity contribution is -0.167. The number of nitrogens with zero attached hydrogens (tertiary/aromatic N) is 4. The maximum atomic E-state index is 12.3. The number of fused-ring (bicyclic) bond motifs is 1. The average molecular weight is 362 g/mol. The Morgan fingerprint density at radius 3 is 2.15 bits per heavy atom. The van der Waals surface area contributed by atoms with Gasteiger partial charge >= 0.3 is 5.97 Å². The molecule has 0 saturated carbocycles. The number of aromatic nitrogens is 3. The van der Waals surface area contributed by atoms with Gasteiger partial charge in [0.1, 0.15) is 12.2 Å². The molecular weight excluding hydrogens is 348 g/mol. The van der Waals surface area contributed by atoms with E-state index in [2.05, 4.69) is 10.2 Å². The molecule has 3 aromatic rings. The van der Waals surface area contributed by atoms with Gasteiger partial charge in [-0.3, -0.25) is 9.59 Å². The van der Waals surface area contributed by atoms with Gasteiger partial charge in [-0.25, -0.2) is 4.79 Å². The number of amides is 2. The van der Waals surface area contributed by atoms with E-state index in [-0.39, 0.29) is 17.5 Å². The number of imide groups is 1. The Balaban J connectivity index is 1.49. The molecule has 2 heterocycles. The molecular formula is C19H14N4O4. The highest BCUT2D eigenvalue weighted by Gasteiger charge is 2.38. The molecule has 0 saturated heterocycles. The van der Waals surface area contributed by atoms with Crippen molar-refractivity contribution < 1.29 is 19.2 Å². The first kappa shape index (κ1) is 16.6. The molecule has 4 rings (SSSR count). The first-order valence-electron chi connectivity index (χ1n) is 8.18.